The van der Waals surface area contributed by atoms with Gasteiger partial charge in [-0.2, -0.15) is 0 Å². The van der Waals surface area contributed by atoms with Crippen molar-refractivity contribution in [1.82, 2.24) is 10.6 Å². The second kappa shape index (κ2) is 7.05. The van der Waals surface area contributed by atoms with E-state index in [-0.39, 0.29) is 23.8 Å². The number of nitrogens with one attached hydrogen (secondary N) is 2. The van der Waals surface area contributed by atoms with Crippen molar-refractivity contribution in [2.24, 2.45) is 11.1 Å². The van der Waals surface area contributed by atoms with Crippen LogP contribution in [0.1, 0.15) is 26.3 Å². The van der Waals surface area contributed by atoms with E-state index in [4.69, 9.17) is 5.73 Å². The number of carbonyl (C=O) groups excluding carboxylic acids is 2. The summed E-state index contributed by atoms with van der Waals surface area (Å²) in [5, 5.41) is 5.29. The molecule has 0 radical (unpaired) electrons. The maximum absolute atomic E-state index is 11.8. The Kier molecular flexibility index (Phi) is 5.70. The van der Waals surface area contributed by atoms with E-state index < -0.39 is 6.04 Å². The van der Waals surface area contributed by atoms with Crippen LogP contribution in [0.15, 0.2) is 30.3 Å². The molecule has 4 N–H and O–H groups in total. The molecule has 1 rings (SSSR count). The quantitative estimate of drug-likeness (QED) is 0.744. The topological polar surface area (TPSA) is 84.2 Å². The summed E-state index contributed by atoms with van der Waals surface area (Å²) in [7, 11) is 0. The van der Waals surface area contributed by atoms with Gasteiger partial charge in [-0.15, -0.1) is 0 Å². The van der Waals surface area contributed by atoms with Crippen molar-refractivity contribution in [3.63, 3.8) is 0 Å². The Morgan fingerprint density at radius 2 is 1.75 bits per heavy atom. The van der Waals surface area contributed by atoms with E-state index in [0.29, 0.717) is 6.54 Å². The zero-order chi connectivity index (χ0) is 15.2. The predicted molar refractivity (Wildman–Crippen MR) is 78.7 cm³/mol. The summed E-state index contributed by atoms with van der Waals surface area (Å²) in [5.41, 5.74) is 6.49. The lowest BCUT2D eigenvalue weighted by Crippen LogP contribution is -2.50. The maximum Gasteiger partial charge on any atom is 0.239 e. The molecule has 20 heavy (non-hydrogen) atoms. The first-order chi connectivity index (χ1) is 9.30. The molecule has 0 bridgehead atoms. The number of hydrogen-bond donors (Lipinski definition) is 3. The standard InChI is InChI=1S/C15H23N3O2/c1-15(2,3)13(16)14(20)18-10-12(19)17-9-11-7-5-4-6-8-11/h4-8,13H,9-10,16H2,1-3H3,(H,17,19)(H,18,20)/t13-/m1/s1. The molecule has 0 aliphatic rings. The zero-order valence-electron chi connectivity index (χ0n) is 12.3. The Balaban J connectivity index is 2.32. The second-order valence-electron chi connectivity index (χ2n) is 5.82. The summed E-state index contributed by atoms with van der Waals surface area (Å²) in [6.45, 7) is 6.03. The number of amides is 2. The third kappa shape index (κ3) is 5.40. The smallest absolute Gasteiger partial charge is 0.239 e. The number of nitrogens with two attached hydrogens (primary N) is 1. The first-order valence-corrected chi connectivity index (χ1v) is 6.64. The van der Waals surface area contributed by atoms with Gasteiger partial charge in [-0.1, -0.05) is 51.1 Å². The summed E-state index contributed by atoms with van der Waals surface area (Å²) in [5.74, 6) is -0.546. The minimum atomic E-state index is -0.635. The van der Waals surface area contributed by atoms with Crippen LogP contribution in [0.25, 0.3) is 0 Å². The molecule has 0 heterocycles. The van der Waals surface area contributed by atoms with E-state index in [1.807, 2.05) is 51.1 Å². The molecule has 0 aliphatic heterocycles. The lowest BCUT2D eigenvalue weighted by molar-refractivity contribution is -0.128. The van der Waals surface area contributed by atoms with Crippen LogP contribution in [0.5, 0.6) is 0 Å². The third-order valence-electron chi connectivity index (χ3n) is 2.97. The Morgan fingerprint density at radius 1 is 1.15 bits per heavy atom. The summed E-state index contributed by atoms with van der Waals surface area (Å²) in [4.78, 5) is 23.4. The lowest BCUT2D eigenvalue weighted by atomic mass is 9.87. The highest BCUT2D eigenvalue weighted by Crippen LogP contribution is 2.16. The molecule has 0 saturated carbocycles. The fraction of sp³-hybridized carbons (Fsp3) is 0.467. The van der Waals surface area contributed by atoms with Gasteiger partial charge in [0.05, 0.1) is 12.6 Å². The lowest BCUT2D eigenvalue weighted by Gasteiger charge is -2.25. The molecule has 0 aromatic heterocycles. The van der Waals surface area contributed by atoms with Gasteiger partial charge in [0.1, 0.15) is 0 Å². The number of carbonyl (C=O) groups is 2. The van der Waals surface area contributed by atoms with Gasteiger partial charge in [0.25, 0.3) is 0 Å². The predicted octanol–water partition coefficient (Wildman–Crippen LogP) is 0.792. The Hall–Kier alpha value is -1.88. The summed E-state index contributed by atoms with van der Waals surface area (Å²) in [6, 6.07) is 8.95. The van der Waals surface area contributed by atoms with Crippen molar-refractivity contribution in [3.8, 4) is 0 Å². The molecule has 1 aromatic rings. The minimum Gasteiger partial charge on any atom is -0.350 e. The normalized spacial score (nSPS) is 12.6. The summed E-state index contributed by atoms with van der Waals surface area (Å²) in [6.07, 6.45) is 0. The second-order valence-corrected chi connectivity index (χ2v) is 5.82. The van der Waals surface area contributed by atoms with Crippen molar-refractivity contribution in [1.29, 1.82) is 0 Å². The van der Waals surface area contributed by atoms with Crippen molar-refractivity contribution in [3.05, 3.63) is 35.9 Å². The van der Waals surface area contributed by atoms with E-state index in [9.17, 15) is 9.59 Å². The number of benzene rings is 1. The van der Waals surface area contributed by atoms with Crippen LogP contribution < -0.4 is 16.4 Å². The fourth-order valence-corrected chi connectivity index (χ4v) is 1.53. The van der Waals surface area contributed by atoms with Crippen LogP contribution in [0.4, 0.5) is 0 Å². The van der Waals surface area contributed by atoms with Crippen LogP contribution in [0.3, 0.4) is 0 Å². The van der Waals surface area contributed by atoms with Crippen molar-refractivity contribution in [2.75, 3.05) is 6.54 Å². The van der Waals surface area contributed by atoms with Crippen LogP contribution in [0, 0.1) is 5.41 Å². The summed E-state index contributed by atoms with van der Waals surface area (Å²) >= 11 is 0. The molecule has 110 valence electrons. The van der Waals surface area contributed by atoms with Gasteiger partial charge in [0, 0.05) is 6.54 Å². The minimum absolute atomic E-state index is 0.0601. The van der Waals surface area contributed by atoms with Gasteiger partial charge in [0.15, 0.2) is 0 Å². The van der Waals surface area contributed by atoms with Gasteiger partial charge < -0.3 is 16.4 Å². The number of rotatable bonds is 5. The monoisotopic (exact) mass is 277 g/mol. The highest BCUT2D eigenvalue weighted by Gasteiger charge is 2.27. The van der Waals surface area contributed by atoms with Gasteiger partial charge in [-0.05, 0) is 11.0 Å². The summed E-state index contributed by atoms with van der Waals surface area (Å²) < 4.78 is 0. The van der Waals surface area contributed by atoms with E-state index >= 15 is 0 Å². The molecular weight excluding hydrogens is 254 g/mol. The molecule has 2 amide bonds. The van der Waals surface area contributed by atoms with Gasteiger partial charge in [-0.25, -0.2) is 0 Å². The van der Waals surface area contributed by atoms with Crippen molar-refractivity contribution in [2.45, 2.75) is 33.4 Å². The van der Waals surface area contributed by atoms with E-state index in [1.54, 1.807) is 0 Å². The zero-order valence-corrected chi connectivity index (χ0v) is 12.3. The first-order valence-electron chi connectivity index (χ1n) is 6.64. The van der Waals surface area contributed by atoms with Crippen LogP contribution in [-0.2, 0) is 16.1 Å². The molecule has 0 spiro atoms. The molecule has 5 nitrogen and oxygen atoms in total. The van der Waals surface area contributed by atoms with Gasteiger partial charge in [0.2, 0.25) is 11.8 Å². The average molecular weight is 277 g/mol. The molecule has 5 heteroatoms. The van der Waals surface area contributed by atoms with Gasteiger partial charge in [-0.3, -0.25) is 9.59 Å². The van der Waals surface area contributed by atoms with E-state index in [0.717, 1.165) is 5.56 Å². The van der Waals surface area contributed by atoms with Crippen LogP contribution in [0.2, 0.25) is 0 Å². The molecule has 0 aliphatic carbocycles. The van der Waals surface area contributed by atoms with Crippen molar-refractivity contribution < 1.29 is 9.59 Å². The first kappa shape index (κ1) is 16.2. The third-order valence-corrected chi connectivity index (χ3v) is 2.97. The van der Waals surface area contributed by atoms with Crippen LogP contribution in [-0.4, -0.2) is 24.4 Å². The van der Waals surface area contributed by atoms with E-state index in [1.165, 1.54) is 0 Å². The Labute approximate surface area is 119 Å². The molecule has 1 atom stereocenters. The Bertz CT molecular complexity index is 452. The Morgan fingerprint density at radius 3 is 2.30 bits per heavy atom. The van der Waals surface area contributed by atoms with Crippen molar-refractivity contribution >= 4 is 11.8 Å². The highest BCUT2D eigenvalue weighted by molar-refractivity contribution is 5.87. The van der Waals surface area contributed by atoms with E-state index in [2.05, 4.69) is 10.6 Å². The maximum atomic E-state index is 11.8. The molecule has 0 fully saturated rings. The molecule has 0 saturated heterocycles. The molecule has 0 unspecified atom stereocenters. The van der Waals surface area contributed by atoms with Crippen LogP contribution >= 0.6 is 0 Å². The molecular formula is C15H23N3O2. The largest absolute Gasteiger partial charge is 0.350 e. The highest BCUT2D eigenvalue weighted by atomic mass is 16.2. The van der Waals surface area contributed by atoms with Gasteiger partial charge >= 0.3 is 0 Å². The SMILES string of the molecule is CC(C)(C)[C@H](N)C(=O)NCC(=O)NCc1ccccc1. The molecule has 1 aromatic carbocycles. The number of hydrogen-bond acceptors (Lipinski definition) is 3. The fourth-order valence-electron chi connectivity index (χ4n) is 1.53. The average Bonchev–Trinajstić information content (AvgIpc) is 2.41.